The molecule has 55 heavy (non-hydrogen) atoms. The smallest absolute Gasteiger partial charge is 0.234 e. The van der Waals surface area contributed by atoms with Gasteiger partial charge in [-0.25, -0.2) is 9.97 Å². The van der Waals surface area contributed by atoms with Gasteiger partial charge in [-0.15, -0.1) is 0 Å². The topological polar surface area (TPSA) is 124 Å². The van der Waals surface area contributed by atoms with Gasteiger partial charge in [-0.1, -0.05) is 55.3 Å². The van der Waals surface area contributed by atoms with Gasteiger partial charge in [0.1, 0.15) is 5.52 Å². The first kappa shape index (κ1) is 35.4. The predicted octanol–water partition coefficient (Wildman–Crippen LogP) is 6.74. The van der Waals surface area contributed by atoms with Crippen LogP contribution in [0.15, 0.2) is 85.1 Å². The Kier molecular flexibility index (Phi) is 10.2. The van der Waals surface area contributed by atoms with Gasteiger partial charge < -0.3 is 15.5 Å². The maximum absolute atomic E-state index is 12.6. The number of hydrogen-bond donors (Lipinski definition) is 3. The lowest BCUT2D eigenvalue weighted by Gasteiger charge is -2.43. The van der Waals surface area contributed by atoms with Gasteiger partial charge in [0.2, 0.25) is 23.7 Å². The number of piperazine rings is 1. The van der Waals surface area contributed by atoms with E-state index in [0.717, 1.165) is 106 Å². The molecular formula is C43H50N10O2. The third kappa shape index (κ3) is 7.79. The summed E-state index contributed by atoms with van der Waals surface area (Å²) in [7, 11) is 0. The Bertz CT molecular complexity index is 2110. The number of carbonyl (C=O) groups excluding carboxylic acids is 2. The summed E-state index contributed by atoms with van der Waals surface area (Å²) in [5.41, 5.74) is 7.14. The van der Waals surface area contributed by atoms with Crippen molar-refractivity contribution in [3.63, 3.8) is 0 Å². The van der Waals surface area contributed by atoms with E-state index in [-0.39, 0.29) is 17.7 Å². The van der Waals surface area contributed by atoms with Crippen molar-refractivity contribution in [3.05, 3.63) is 96.2 Å². The quantitative estimate of drug-likeness (QED) is 0.133. The highest BCUT2D eigenvalue weighted by Crippen LogP contribution is 2.36. The monoisotopic (exact) mass is 738 g/mol. The van der Waals surface area contributed by atoms with E-state index >= 15 is 0 Å². The Labute approximate surface area is 322 Å². The van der Waals surface area contributed by atoms with Crippen LogP contribution < -0.4 is 20.9 Å². The molecule has 9 rings (SSSR count). The van der Waals surface area contributed by atoms with E-state index in [1.54, 1.807) is 0 Å². The molecule has 2 amide bonds. The molecule has 0 bridgehead atoms. The minimum atomic E-state index is -0.244. The van der Waals surface area contributed by atoms with Gasteiger partial charge in [0.05, 0.1) is 12.1 Å². The zero-order chi connectivity index (χ0) is 37.1. The molecular weight excluding hydrogens is 689 g/mol. The lowest BCUT2D eigenvalue weighted by molar-refractivity contribution is -0.134. The third-order valence-corrected chi connectivity index (χ3v) is 12.1. The first-order chi connectivity index (χ1) is 27.0. The fraction of sp³-hybridized carbons (Fsp3) is 0.419. The Morgan fingerprint density at radius 2 is 1.44 bits per heavy atom. The molecule has 3 N–H and O–H groups in total. The number of imide groups is 1. The average Bonchev–Trinajstić information content (AvgIpc) is 3.87. The minimum absolute atomic E-state index is 0.162. The number of nitrogens with one attached hydrogen (secondary N) is 3. The van der Waals surface area contributed by atoms with Crippen LogP contribution in [0.3, 0.4) is 0 Å². The van der Waals surface area contributed by atoms with Crippen molar-refractivity contribution in [2.75, 3.05) is 54.8 Å². The van der Waals surface area contributed by atoms with E-state index in [1.807, 2.05) is 30.5 Å². The second-order valence-electron chi connectivity index (χ2n) is 15.5. The fourth-order valence-corrected chi connectivity index (χ4v) is 9.11. The van der Waals surface area contributed by atoms with E-state index in [1.165, 1.54) is 24.1 Å². The van der Waals surface area contributed by atoms with Crippen molar-refractivity contribution < 1.29 is 9.59 Å². The van der Waals surface area contributed by atoms with Crippen LogP contribution in [0.4, 0.5) is 29.0 Å². The van der Waals surface area contributed by atoms with Crippen LogP contribution >= 0.6 is 0 Å². The molecule has 12 nitrogen and oxygen atoms in total. The van der Waals surface area contributed by atoms with Crippen LogP contribution in [0.2, 0.25) is 0 Å². The summed E-state index contributed by atoms with van der Waals surface area (Å²) >= 11 is 0. The highest BCUT2D eigenvalue weighted by molar-refractivity contribution is 6.01. The minimum Gasteiger partial charge on any atom is -0.371 e. The van der Waals surface area contributed by atoms with E-state index in [9.17, 15) is 9.59 Å². The van der Waals surface area contributed by atoms with Crippen molar-refractivity contribution >= 4 is 51.9 Å². The molecule has 3 aromatic carbocycles. The highest BCUT2D eigenvalue weighted by Gasteiger charge is 2.31. The predicted molar refractivity (Wildman–Crippen MR) is 216 cm³/mol. The second-order valence-corrected chi connectivity index (χ2v) is 15.5. The first-order valence-corrected chi connectivity index (χ1v) is 20.1. The molecule has 3 saturated heterocycles. The van der Waals surface area contributed by atoms with E-state index < -0.39 is 0 Å². The molecule has 4 aliphatic rings. The zero-order valence-electron chi connectivity index (χ0n) is 31.4. The zero-order valence-corrected chi connectivity index (χ0v) is 31.4. The molecule has 5 heterocycles. The maximum atomic E-state index is 12.6. The lowest BCUT2D eigenvalue weighted by Crippen LogP contribution is -2.53. The molecule has 12 heteroatoms. The summed E-state index contributed by atoms with van der Waals surface area (Å²) in [4.78, 5) is 46.6. The van der Waals surface area contributed by atoms with Gasteiger partial charge in [-0.05, 0) is 79.6 Å². The van der Waals surface area contributed by atoms with E-state index in [0.29, 0.717) is 30.9 Å². The Hall–Kier alpha value is -5.33. The lowest BCUT2D eigenvalue weighted by atomic mass is 9.87. The molecule has 2 aromatic heterocycles. The number of piperidine rings is 2. The molecule has 1 unspecified atom stereocenters. The molecule has 1 atom stereocenters. The Balaban J connectivity index is 0.783. The standard InChI is InChI=1S/C43H50N10O2/c54-39-19-18-37(41(55)48-39)36-13-7-4-8-30(36)29-50-24-26-52(27-25-50)34-20-22-51(23-21-34)33-16-14-32(15-17-33)45-42-44-28-38-40(49-42)53(35-11-5-6-12-35)43(47-38)46-31-9-2-1-3-10-31/h1-4,7-10,13-17,28,34-35,37H,5-6,11-12,18-27,29H2,(H,46,47)(H,44,45,49)(H,48,54,55). The summed E-state index contributed by atoms with van der Waals surface area (Å²) in [5.74, 6) is 0.823. The van der Waals surface area contributed by atoms with E-state index in [2.05, 4.69) is 94.8 Å². The molecule has 284 valence electrons. The van der Waals surface area contributed by atoms with Gasteiger partial charge >= 0.3 is 0 Å². The number of rotatable bonds is 10. The Morgan fingerprint density at radius 3 is 2.20 bits per heavy atom. The van der Waals surface area contributed by atoms with Gasteiger partial charge in [-0.2, -0.15) is 4.98 Å². The van der Waals surface area contributed by atoms with Crippen LogP contribution in [0, 0.1) is 0 Å². The molecule has 4 fully saturated rings. The van der Waals surface area contributed by atoms with Crippen molar-refractivity contribution in [1.29, 1.82) is 0 Å². The number of aromatic nitrogens is 4. The molecule has 0 radical (unpaired) electrons. The van der Waals surface area contributed by atoms with Gasteiger partial charge in [0, 0.05) is 81.4 Å². The summed E-state index contributed by atoms with van der Waals surface area (Å²) in [6.45, 7) is 7.08. The van der Waals surface area contributed by atoms with Crippen molar-refractivity contribution in [2.24, 2.45) is 0 Å². The Morgan fingerprint density at radius 1 is 0.709 bits per heavy atom. The van der Waals surface area contributed by atoms with Crippen LogP contribution in [0.25, 0.3) is 11.2 Å². The van der Waals surface area contributed by atoms with E-state index in [4.69, 9.17) is 9.97 Å². The van der Waals surface area contributed by atoms with Crippen LogP contribution in [-0.4, -0.2) is 86.4 Å². The number of fused-ring (bicyclic) bond motifs is 1. The molecule has 1 aliphatic carbocycles. The van der Waals surface area contributed by atoms with Crippen molar-refractivity contribution in [1.82, 2.24) is 34.6 Å². The van der Waals surface area contributed by atoms with Crippen molar-refractivity contribution in [3.8, 4) is 0 Å². The summed E-state index contributed by atoms with van der Waals surface area (Å²) in [6, 6.07) is 28.1. The largest absolute Gasteiger partial charge is 0.371 e. The third-order valence-electron chi connectivity index (χ3n) is 12.1. The van der Waals surface area contributed by atoms with Crippen LogP contribution in [0.5, 0.6) is 0 Å². The SMILES string of the molecule is O=C1CCC(c2ccccc2CN2CCN(C3CCN(c4ccc(Nc5ncc6nc(Nc7ccccc7)n(C7CCCC7)c6n5)cc4)CC3)CC2)C(=O)N1. The van der Waals surface area contributed by atoms with Gasteiger partial charge in [0.15, 0.2) is 5.65 Å². The summed E-state index contributed by atoms with van der Waals surface area (Å²) in [5, 5.41) is 9.51. The number of carbonyl (C=O) groups is 2. The number of hydrogen-bond acceptors (Lipinski definition) is 10. The molecule has 0 spiro atoms. The van der Waals surface area contributed by atoms with Crippen LogP contribution in [0.1, 0.15) is 74.5 Å². The average molecular weight is 739 g/mol. The number of imidazole rings is 1. The number of benzene rings is 3. The van der Waals surface area contributed by atoms with Crippen molar-refractivity contribution in [2.45, 2.75) is 75.9 Å². The van der Waals surface area contributed by atoms with Crippen LogP contribution in [-0.2, 0) is 16.1 Å². The molecule has 1 saturated carbocycles. The molecule has 3 aliphatic heterocycles. The number of nitrogens with zero attached hydrogens (tertiary/aromatic N) is 7. The van der Waals surface area contributed by atoms with Gasteiger partial charge in [-0.3, -0.25) is 29.3 Å². The number of para-hydroxylation sites is 1. The first-order valence-electron chi connectivity index (χ1n) is 20.1. The second kappa shape index (κ2) is 15.8. The number of anilines is 5. The summed E-state index contributed by atoms with van der Waals surface area (Å²) < 4.78 is 2.28. The summed E-state index contributed by atoms with van der Waals surface area (Å²) in [6.07, 6.45) is 9.82. The number of amides is 2. The normalized spacial score (nSPS) is 20.6. The fourth-order valence-electron chi connectivity index (χ4n) is 9.11. The highest BCUT2D eigenvalue weighted by atomic mass is 16.2. The van der Waals surface area contributed by atoms with Gasteiger partial charge in [0.25, 0.3) is 0 Å². The maximum Gasteiger partial charge on any atom is 0.234 e. The molecule has 5 aromatic rings.